The second-order valence-corrected chi connectivity index (χ2v) is 6.35. The number of guanidine groups is 1. The first kappa shape index (κ1) is 26.2. The lowest BCUT2D eigenvalue weighted by Crippen LogP contribution is -2.39. The predicted octanol–water partition coefficient (Wildman–Crippen LogP) is 3.57. The number of benzene rings is 1. The Hall–Kier alpha value is -1.77. The van der Waals surface area contributed by atoms with Crippen molar-refractivity contribution in [2.45, 2.75) is 39.2 Å². The SMILES string of the molecule is C=CCCCCCN(C)C(=NC)NCc1cccc(OCC(=O)NCC)c1.I. The molecule has 0 heterocycles. The Morgan fingerprint density at radius 3 is 2.75 bits per heavy atom. The molecule has 1 amide bonds. The molecular formula is C21H35IN4O2. The van der Waals surface area contributed by atoms with Crippen molar-refractivity contribution < 1.29 is 9.53 Å². The number of aliphatic imine (C=N–C) groups is 1. The summed E-state index contributed by atoms with van der Waals surface area (Å²) in [7, 11) is 3.84. The van der Waals surface area contributed by atoms with Crippen LogP contribution >= 0.6 is 24.0 Å². The van der Waals surface area contributed by atoms with E-state index >= 15 is 0 Å². The van der Waals surface area contributed by atoms with E-state index in [1.165, 1.54) is 12.8 Å². The summed E-state index contributed by atoms with van der Waals surface area (Å²) in [6, 6.07) is 7.74. The van der Waals surface area contributed by atoms with E-state index in [0.29, 0.717) is 18.8 Å². The normalized spacial score (nSPS) is 10.6. The quantitative estimate of drug-likeness (QED) is 0.151. The average molecular weight is 502 g/mol. The molecule has 0 aliphatic heterocycles. The highest BCUT2D eigenvalue weighted by molar-refractivity contribution is 14.0. The Morgan fingerprint density at radius 1 is 1.29 bits per heavy atom. The molecule has 158 valence electrons. The van der Waals surface area contributed by atoms with Gasteiger partial charge in [-0.15, -0.1) is 30.6 Å². The van der Waals surface area contributed by atoms with Crippen LogP contribution in [0.4, 0.5) is 0 Å². The Kier molecular flexibility index (Phi) is 15.2. The highest BCUT2D eigenvalue weighted by Crippen LogP contribution is 2.13. The van der Waals surface area contributed by atoms with Gasteiger partial charge < -0.3 is 20.3 Å². The summed E-state index contributed by atoms with van der Waals surface area (Å²) < 4.78 is 5.54. The molecular weight excluding hydrogens is 467 g/mol. The van der Waals surface area contributed by atoms with Crippen molar-refractivity contribution in [1.29, 1.82) is 0 Å². The molecule has 1 aromatic rings. The van der Waals surface area contributed by atoms with Gasteiger partial charge in [0.05, 0.1) is 0 Å². The Bertz CT molecular complexity index is 608. The van der Waals surface area contributed by atoms with Gasteiger partial charge in [-0.25, -0.2) is 0 Å². The Labute approximate surface area is 186 Å². The number of ether oxygens (including phenoxy) is 1. The summed E-state index contributed by atoms with van der Waals surface area (Å²) >= 11 is 0. The molecule has 1 aromatic carbocycles. The van der Waals surface area contributed by atoms with Crippen LogP contribution in [0.2, 0.25) is 0 Å². The van der Waals surface area contributed by atoms with E-state index in [-0.39, 0.29) is 36.5 Å². The number of carbonyl (C=O) groups excluding carboxylic acids is 1. The van der Waals surface area contributed by atoms with Crippen LogP contribution < -0.4 is 15.4 Å². The van der Waals surface area contributed by atoms with Gasteiger partial charge in [0.1, 0.15) is 5.75 Å². The molecule has 0 radical (unpaired) electrons. The van der Waals surface area contributed by atoms with E-state index in [1.807, 2.05) is 37.3 Å². The van der Waals surface area contributed by atoms with Crippen molar-refractivity contribution in [2.24, 2.45) is 4.99 Å². The molecule has 0 saturated carbocycles. The average Bonchev–Trinajstić information content (AvgIpc) is 2.67. The second kappa shape index (κ2) is 16.2. The van der Waals surface area contributed by atoms with Crippen LogP contribution in [0.5, 0.6) is 5.75 Å². The van der Waals surface area contributed by atoms with Crippen LogP contribution in [0.25, 0.3) is 0 Å². The third-order valence-corrected chi connectivity index (χ3v) is 4.07. The van der Waals surface area contributed by atoms with E-state index < -0.39 is 0 Å². The van der Waals surface area contributed by atoms with Crippen molar-refractivity contribution in [1.82, 2.24) is 15.5 Å². The minimum atomic E-state index is -0.115. The number of halogens is 1. The van der Waals surface area contributed by atoms with Gasteiger partial charge in [0, 0.05) is 33.7 Å². The number of amides is 1. The van der Waals surface area contributed by atoms with Crippen molar-refractivity contribution in [3.8, 4) is 5.75 Å². The maximum atomic E-state index is 11.5. The van der Waals surface area contributed by atoms with Gasteiger partial charge in [-0.1, -0.05) is 24.6 Å². The monoisotopic (exact) mass is 502 g/mol. The van der Waals surface area contributed by atoms with Crippen LogP contribution in [-0.4, -0.2) is 50.6 Å². The number of nitrogens with zero attached hydrogens (tertiary/aromatic N) is 2. The molecule has 6 nitrogen and oxygen atoms in total. The van der Waals surface area contributed by atoms with Gasteiger partial charge in [-0.3, -0.25) is 9.79 Å². The molecule has 0 bridgehead atoms. The molecule has 1 rings (SSSR count). The van der Waals surface area contributed by atoms with Crippen LogP contribution in [0, 0.1) is 0 Å². The fraction of sp³-hybridized carbons (Fsp3) is 0.524. The topological polar surface area (TPSA) is 66.0 Å². The highest BCUT2D eigenvalue weighted by atomic mass is 127. The van der Waals surface area contributed by atoms with E-state index in [0.717, 1.165) is 30.9 Å². The molecule has 2 N–H and O–H groups in total. The molecule has 0 atom stereocenters. The van der Waals surface area contributed by atoms with Crippen molar-refractivity contribution in [3.63, 3.8) is 0 Å². The van der Waals surface area contributed by atoms with Gasteiger partial charge in [0.25, 0.3) is 5.91 Å². The van der Waals surface area contributed by atoms with Crippen molar-refractivity contribution in [3.05, 3.63) is 42.5 Å². The van der Waals surface area contributed by atoms with Crippen LogP contribution in [0.3, 0.4) is 0 Å². The largest absolute Gasteiger partial charge is 0.484 e. The molecule has 0 saturated heterocycles. The van der Waals surface area contributed by atoms with E-state index in [4.69, 9.17) is 4.74 Å². The fourth-order valence-corrected chi connectivity index (χ4v) is 2.63. The minimum absolute atomic E-state index is 0. The summed E-state index contributed by atoms with van der Waals surface area (Å²) in [6.45, 7) is 7.88. The minimum Gasteiger partial charge on any atom is -0.484 e. The van der Waals surface area contributed by atoms with Crippen LogP contribution in [-0.2, 0) is 11.3 Å². The summed E-state index contributed by atoms with van der Waals surface area (Å²) in [6.07, 6.45) is 6.56. The van der Waals surface area contributed by atoms with E-state index in [1.54, 1.807) is 7.05 Å². The summed E-state index contributed by atoms with van der Waals surface area (Å²) in [5.74, 6) is 1.44. The van der Waals surface area contributed by atoms with Gasteiger partial charge in [0.2, 0.25) is 0 Å². The standard InChI is InChI=1S/C21H34N4O2.HI/c1-5-7-8-9-10-14-25(4)21(22-3)24-16-18-12-11-13-19(15-18)27-17-20(26)23-6-2;/h5,11-13,15H,1,6-10,14,16-17H2,2-4H3,(H,22,24)(H,23,26);1H. The van der Waals surface area contributed by atoms with Crippen molar-refractivity contribution >= 4 is 35.8 Å². The molecule has 0 unspecified atom stereocenters. The van der Waals surface area contributed by atoms with E-state index in [2.05, 4.69) is 34.2 Å². The first-order valence-electron chi connectivity index (χ1n) is 9.61. The smallest absolute Gasteiger partial charge is 0.257 e. The second-order valence-electron chi connectivity index (χ2n) is 6.35. The van der Waals surface area contributed by atoms with Gasteiger partial charge in [-0.05, 0) is 43.9 Å². The number of rotatable bonds is 12. The first-order chi connectivity index (χ1) is 13.1. The molecule has 28 heavy (non-hydrogen) atoms. The Morgan fingerprint density at radius 2 is 2.07 bits per heavy atom. The zero-order valence-electron chi connectivity index (χ0n) is 17.4. The van der Waals surface area contributed by atoms with Gasteiger partial charge in [-0.2, -0.15) is 0 Å². The lowest BCUT2D eigenvalue weighted by Gasteiger charge is -2.22. The number of unbranched alkanes of at least 4 members (excludes halogenated alkanes) is 3. The van der Waals surface area contributed by atoms with Crippen LogP contribution in [0.15, 0.2) is 41.9 Å². The maximum Gasteiger partial charge on any atom is 0.257 e. The molecule has 0 spiro atoms. The number of carbonyl (C=O) groups is 1. The number of hydrogen-bond acceptors (Lipinski definition) is 3. The third kappa shape index (κ3) is 11.2. The molecule has 0 aromatic heterocycles. The summed E-state index contributed by atoms with van der Waals surface area (Å²) in [5.41, 5.74) is 1.07. The van der Waals surface area contributed by atoms with Crippen molar-refractivity contribution in [2.75, 3.05) is 33.8 Å². The highest BCUT2D eigenvalue weighted by Gasteiger charge is 2.06. The zero-order chi connectivity index (χ0) is 19.9. The molecule has 7 heteroatoms. The molecule has 0 aliphatic rings. The number of likely N-dealkylation sites (N-methyl/N-ethyl adjacent to an activating group) is 1. The number of allylic oxidation sites excluding steroid dienone is 1. The fourth-order valence-electron chi connectivity index (χ4n) is 2.63. The third-order valence-electron chi connectivity index (χ3n) is 4.07. The zero-order valence-corrected chi connectivity index (χ0v) is 19.7. The van der Waals surface area contributed by atoms with Gasteiger partial charge in [0.15, 0.2) is 12.6 Å². The predicted molar refractivity (Wildman–Crippen MR) is 128 cm³/mol. The Balaban J connectivity index is 0.00000729. The van der Waals surface area contributed by atoms with Crippen LogP contribution in [0.1, 0.15) is 38.2 Å². The number of nitrogens with one attached hydrogen (secondary N) is 2. The van der Waals surface area contributed by atoms with Gasteiger partial charge >= 0.3 is 0 Å². The summed E-state index contributed by atoms with van der Waals surface area (Å²) in [4.78, 5) is 18.0. The molecule has 0 fully saturated rings. The maximum absolute atomic E-state index is 11.5. The van der Waals surface area contributed by atoms with E-state index in [9.17, 15) is 4.79 Å². The number of hydrogen-bond donors (Lipinski definition) is 2. The lowest BCUT2D eigenvalue weighted by molar-refractivity contribution is -0.122. The summed E-state index contributed by atoms with van der Waals surface area (Å²) in [5, 5.41) is 6.09. The first-order valence-corrected chi connectivity index (χ1v) is 9.61. The molecule has 0 aliphatic carbocycles. The lowest BCUT2D eigenvalue weighted by atomic mass is 10.2.